The summed E-state index contributed by atoms with van der Waals surface area (Å²) in [4.78, 5) is 18.1. The molecule has 1 amide bonds. The van der Waals surface area contributed by atoms with Gasteiger partial charge >= 0.3 is 6.61 Å². The van der Waals surface area contributed by atoms with Gasteiger partial charge in [0, 0.05) is 21.2 Å². The van der Waals surface area contributed by atoms with Crippen molar-refractivity contribution in [1.29, 1.82) is 0 Å². The molecule has 1 fully saturated rings. The highest BCUT2D eigenvalue weighted by Crippen LogP contribution is 2.39. The number of amides is 1. The molecule has 1 atom stereocenters. The highest BCUT2D eigenvalue weighted by molar-refractivity contribution is 7.14. The van der Waals surface area contributed by atoms with Gasteiger partial charge in [-0.1, -0.05) is 0 Å². The third-order valence-corrected chi connectivity index (χ3v) is 5.96. The molecule has 3 rings (SSSR count). The summed E-state index contributed by atoms with van der Waals surface area (Å²) in [5.74, 6) is -0.229. The summed E-state index contributed by atoms with van der Waals surface area (Å²) in [5, 5.41) is 0. The second-order valence-electron chi connectivity index (χ2n) is 5.53. The zero-order valence-corrected chi connectivity index (χ0v) is 14.5. The standard InChI is InChI=1S/C16H17F2NO2S2/c1-9-5-6-13(22-9)11-4-3-7-19(11)15(20)14-12(21-16(17)18)8-10(2)23-14/h5-6,8,11,16H,3-4,7H2,1-2H3. The number of hydrogen-bond donors (Lipinski definition) is 0. The molecule has 0 radical (unpaired) electrons. The minimum Gasteiger partial charge on any atom is -0.433 e. The third-order valence-electron chi connectivity index (χ3n) is 3.83. The molecule has 3 heterocycles. The second kappa shape index (κ2) is 6.57. The first-order valence-corrected chi connectivity index (χ1v) is 9.01. The Morgan fingerprint density at radius 3 is 2.74 bits per heavy atom. The molecule has 1 aliphatic rings. The van der Waals surface area contributed by atoms with Crippen LogP contribution in [0.15, 0.2) is 18.2 Å². The lowest BCUT2D eigenvalue weighted by molar-refractivity contribution is -0.0499. The van der Waals surface area contributed by atoms with Crippen molar-refractivity contribution >= 4 is 28.6 Å². The van der Waals surface area contributed by atoms with Gasteiger partial charge in [-0.25, -0.2) is 0 Å². The van der Waals surface area contributed by atoms with Gasteiger partial charge in [-0.3, -0.25) is 4.79 Å². The lowest BCUT2D eigenvalue weighted by Crippen LogP contribution is -2.30. The van der Waals surface area contributed by atoms with E-state index in [2.05, 4.69) is 4.74 Å². The van der Waals surface area contributed by atoms with Crippen molar-refractivity contribution in [1.82, 2.24) is 4.90 Å². The Morgan fingerprint density at radius 2 is 2.09 bits per heavy atom. The van der Waals surface area contributed by atoms with Crippen LogP contribution in [0.1, 0.15) is 43.2 Å². The summed E-state index contributed by atoms with van der Waals surface area (Å²) in [7, 11) is 0. The number of carbonyl (C=O) groups is 1. The maximum Gasteiger partial charge on any atom is 0.387 e. The van der Waals surface area contributed by atoms with Crippen molar-refractivity contribution in [2.45, 2.75) is 39.3 Å². The van der Waals surface area contributed by atoms with Gasteiger partial charge in [0.25, 0.3) is 5.91 Å². The fourth-order valence-electron chi connectivity index (χ4n) is 2.89. The summed E-state index contributed by atoms with van der Waals surface area (Å²) in [6.45, 7) is 1.53. The summed E-state index contributed by atoms with van der Waals surface area (Å²) >= 11 is 2.89. The smallest absolute Gasteiger partial charge is 0.387 e. The highest BCUT2D eigenvalue weighted by Gasteiger charge is 2.34. The highest BCUT2D eigenvalue weighted by atomic mass is 32.1. The molecule has 0 aromatic carbocycles. The molecule has 1 saturated heterocycles. The molecule has 124 valence electrons. The van der Waals surface area contributed by atoms with Crippen LogP contribution in [-0.2, 0) is 0 Å². The molecule has 0 spiro atoms. The Morgan fingerprint density at radius 1 is 1.30 bits per heavy atom. The van der Waals surface area contributed by atoms with E-state index >= 15 is 0 Å². The van der Waals surface area contributed by atoms with Crippen molar-refractivity contribution in [3.8, 4) is 5.75 Å². The maximum atomic E-state index is 12.9. The van der Waals surface area contributed by atoms with E-state index in [1.807, 2.05) is 19.1 Å². The van der Waals surface area contributed by atoms with Gasteiger partial charge in [-0.2, -0.15) is 8.78 Å². The SMILES string of the molecule is Cc1ccc(C2CCCN2C(=O)c2sc(C)cc2OC(F)F)s1. The summed E-state index contributed by atoms with van der Waals surface area (Å²) in [6, 6.07) is 5.63. The molecular weight excluding hydrogens is 340 g/mol. The molecule has 1 unspecified atom stereocenters. The molecule has 23 heavy (non-hydrogen) atoms. The molecule has 0 bridgehead atoms. The van der Waals surface area contributed by atoms with E-state index in [-0.39, 0.29) is 22.6 Å². The fourth-order valence-corrected chi connectivity index (χ4v) is 4.82. The number of nitrogens with zero attached hydrogens (tertiary/aromatic N) is 1. The molecule has 0 aliphatic carbocycles. The Kier molecular flexibility index (Phi) is 4.68. The fraction of sp³-hybridized carbons (Fsp3) is 0.438. The van der Waals surface area contributed by atoms with Crippen LogP contribution < -0.4 is 4.74 Å². The molecule has 3 nitrogen and oxygen atoms in total. The van der Waals surface area contributed by atoms with Crippen LogP contribution in [0.2, 0.25) is 0 Å². The Bertz CT molecular complexity index is 711. The summed E-state index contributed by atoms with van der Waals surface area (Å²) in [6.07, 6.45) is 1.82. The van der Waals surface area contributed by atoms with Crippen LogP contribution in [-0.4, -0.2) is 24.0 Å². The predicted octanol–water partition coefficient (Wildman–Crippen LogP) is 5.01. The quantitative estimate of drug-likeness (QED) is 0.770. The predicted molar refractivity (Wildman–Crippen MR) is 87.8 cm³/mol. The van der Waals surface area contributed by atoms with Crippen LogP contribution in [0.25, 0.3) is 0 Å². The van der Waals surface area contributed by atoms with Crippen molar-refractivity contribution < 1.29 is 18.3 Å². The number of carbonyl (C=O) groups excluding carboxylic acids is 1. The van der Waals surface area contributed by atoms with Crippen molar-refractivity contribution in [2.75, 3.05) is 6.54 Å². The molecule has 2 aromatic rings. The molecule has 1 aliphatic heterocycles. The zero-order chi connectivity index (χ0) is 16.6. The summed E-state index contributed by atoms with van der Waals surface area (Å²) < 4.78 is 29.6. The number of thiophene rings is 2. The molecule has 0 saturated carbocycles. The average molecular weight is 357 g/mol. The topological polar surface area (TPSA) is 29.5 Å². The van der Waals surface area contributed by atoms with Crippen LogP contribution in [0.3, 0.4) is 0 Å². The monoisotopic (exact) mass is 357 g/mol. The van der Waals surface area contributed by atoms with Crippen LogP contribution >= 0.6 is 22.7 Å². The molecule has 0 N–H and O–H groups in total. The normalized spacial score (nSPS) is 18.0. The van der Waals surface area contributed by atoms with Gasteiger partial charge in [0.15, 0.2) is 0 Å². The minimum atomic E-state index is -2.93. The van der Waals surface area contributed by atoms with E-state index in [0.29, 0.717) is 6.54 Å². The minimum absolute atomic E-state index is 0.0134. The van der Waals surface area contributed by atoms with E-state index in [0.717, 1.165) is 22.6 Å². The Balaban J connectivity index is 1.87. The van der Waals surface area contributed by atoms with Crippen molar-refractivity contribution in [3.05, 3.63) is 37.7 Å². The third kappa shape index (κ3) is 3.40. The average Bonchev–Trinajstić information content (AvgIpc) is 3.17. The summed E-state index contributed by atoms with van der Waals surface area (Å²) in [5.41, 5.74) is 0. The van der Waals surface area contributed by atoms with Gasteiger partial charge in [-0.05, 0) is 44.9 Å². The first-order chi connectivity index (χ1) is 11.0. The van der Waals surface area contributed by atoms with Crippen molar-refractivity contribution in [2.24, 2.45) is 0 Å². The van der Waals surface area contributed by atoms with Crippen LogP contribution in [0, 0.1) is 13.8 Å². The first-order valence-electron chi connectivity index (χ1n) is 7.38. The van der Waals surface area contributed by atoms with E-state index in [1.54, 1.807) is 23.2 Å². The number of hydrogen-bond acceptors (Lipinski definition) is 4. The molecular formula is C16H17F2NO2S2. The Hall–Kier alpha value is -1.47. The largest absolute Gasteiger partial charge is 0.433 e. The lowest BCUT2D eigenvalue weighted by atomic mass is 10.2. The van der Waals surface area contributed by atoms with E-state index in [1.165, 1.54) is 22.3 Å². The van der Waals surface area contributed by atoms with Crippen LogP contribution in [0.5, 0.6) is 5.75 Å². The Labute approximate surface area is 141 Å². The number of halogens is 2. The number of likely N-dealkylation sites (tertiary alicyclic amines) is 1. The van der Waals surface area contributed by atoms with Gasteiger partial charge in [0.2, 0.25) is 0 Å². The van der Waals surface area contributed by atoms with Crippen LogP contribution in [0.4, 0.5) is 8.78 Å². The molecule has 2 aromatic heterocycles. The van der Waals surface area contributed by atoms with Gasteiger partial charge < -0.3 is 9.64 Å². The number of alkyl halides is 2. The number of rotatable bonds is 4. The van der Waals surface area contributed by atoms with Gasteiger partial charge in [-0.15, -0.1) is 22.7 Å². The zero-order valence-electron chi connectivity index (χ0n) is 12.8. The van der Waals surface area contributed by atoms with E-state index < -0.39 is 6.61 Å². The van der Waals surface area contributed by atoms with Crippen molar-refractivity contribution in [3.63, 3.8) is 0 Å². The maximum absolute atomic E-state index is 12.9. The lowest BCUT2D eigenvalue weighted by Gasteiger charge is -2.23. The van der Waals surface area contributed by atoms with Gasteiger partial charge in [0.05, 0.1) is 6.04 Å². The molecule has 7 heteroatoms. The second-order valence-corrected chi connectivity index (χ2v) is 8.11. The first kappa shape index (κ1) is 16.4. The van der Waals surface area contributed by atoms with E-state index in [9.17, 15) is 13.6 Å². The van der Waals surface area contributed by atoms with Gasteiger partial charge in [0.1, 0.15) is 10.6 Å². The number of ether oxygens (including phenoxy) is 1. The van der Waals surface area contributed by atoms with E-state index in [4.69, 9.17) is 0 Å². The number of aryl methyl sites for hydroxylation is 2.